The van der Waals surface area contributed by atoms with Gasteiger partial charge in [-0.3, -0.25) is 0 Å². The average Bonchev–Trinajstić information content (AvgIpc) is 1.98. The van der Waals surface area contributed by atoms with E-state index in [4.69, 9.17) is 10.2 Å². The first-order valence-corrected chi connectivity index (χ1v) is 3.88. The molecule has 0 aliphatic heterocycles. The fraction of sp³-hybridized carbons (Fsp3) is 0.714. The van der Waals surface area contributed by atoms with Gasteiger partial charge in [-0.15, -0.1) is 0 Å². The van der Waals surface area contributed by atoms with Crippen LogP contribution in [0.3, 0.4) is 0 Å². The molecule has 1 atom stereocenters. The van der Waals surface area contributed by atoms with Crippen molar-refractivity contribution in [3.63, 3.8) is 0 Å². The minimum absolute atomic E-state index is 0.0260. The first kappa shape index (κ1) is 11.7. The second-order valence-corrected chi connectivity index (χ2v) is 2.86. The smallest absolute Gasteiger partial charge is 0.334 e. The molecule has 1 unspecified atom stereocenters. The van der Waals surface area contributed by atoms with Crippen molar-refractivity contribution in [3.05, 3.63) is 0 Å². The third-order valence-corrected chi connectivity index (χ3v) is 1.16. The standard InChI is InChI=1S/C7H14N2O4/c1-4(2)9-7(13)8-3-5(10)6(11)12/h4-5,10H,3H2,1-2H3,(H,11,12)(H2,8,9,13). The second kappa shape index (κ2) is 5.36. The summed E-state index contributed by atoms with van der Waals surface area (Å²) < 4.78 is 0. The summed E-state index contributed by atoms with van der Waals surface area (Å²) in [6.45, 7) is 3.24. The topological polar surface area (TPSA) is 98.7 Å². The van der Waals surface area contributed by atoms with Crippen LogP contribution in [0.2, 0.25) is 0 Å². The molecule has 0 fully saturated rings. The number of carbonyl (C=O) groups excluding carboxylic acids is 1. The maximum Gasteiger partial charge on any atom is 0.334 e. The molecule has 76 valence electrons. The van der Waals surface area contributed by atoms with E-state index >= 15 is 0 Å². The molecule has 6 heteroatoms. The van der Waals surface area contributed by atoms with Crippen LogP contribution in [0.15, 0.2) is 0 Å². The normalized spacial score (nSPS) is 12.3. The number of hydrogen-bond donors (Lipinski definition) is 4. The van der Waals surface area contributed by atoms with E-state index in [0.717, 1.165) is 0 Å². The van der Waals surface area contributed by atoms with Crippen LogP contribution in [0.5, 0.6) is 0 Å². The average molecular weight is 190 g/mol. The fourth-order valence-corrected chi connectivity index (χ4v) is 0.590. The number of aliphatic carboxylic acids is 1. The highest BCUT2D eigenvalue weighted by atomic mass is 16.4. The van der Waals surface area contributed by atoms with E-state index in [1.165, 1.54) is 0 Å². The Morgan fingerprint density at radius 1 is 1.38 bits per heavy atom. The largest absolute Gasteiger partial charge is 0.479 e. The van der Waals surface area contributed by atoms with Crippen molar-refractivity contribution in [2.75, 3.05) is 6.54 Å². The van der Waals surface area contributed by atoms with E-state index < -0.39 is 18.1 Å². The molecule has 6 nitrogen and oxygen atoms in total. The maximum atomic E-state index is 10.9. The Hall–Kier alpha value is -1.30. The number of urea groups is 1. The quantitative estimate of drug-likeness (QED) is 0.463. The van der Waals surface area contributed by atoms with Crippen molar-refractivity contribution >= 4 is 12.0 Å². The van der Waals surface area contributed by atoms with Crippen molar-refractivity contribution in [3.8, 4) is 0 Å². The molecular formula is C7H14N2O4. The maximum absolute atomic E-state index is 10.9. The SMILES string of the molecule is CC(C)NC(=O)NCC(O)C(=O)O. The first-order valence-electron chi connectivity index (χ1n) is 3.88. The van der Waals surface area contributed by atoms with Gasteiger partial charge in [0.05, 0.1) is 6.54 Å². The Balaban J connectivity index is 3.64. The lowest BCUT2D eigenvalue weighted by molar-refractivity contribution is -0.146. The molecule has 0 heterocycles. The lowest BCUT2D eigenvalue weighted by Crippen LogP contribution is -2.44. The molecule has 0 saturated heterocycles. The molecule has 0 aromatic heterocycles. The molecule has 4 N–H and O–H groups in total. The molecule has 0 aliphatic rings. The van der Waals surface area contributed by atoms with Crippen molar-refractivity contribution in [2.45, 2.75) is 26.0 Å². The second-order valence-electron chi connectivity index (χ2n) is 2.86. The highest BCUT2D eigenvalue weighted by Crippen LogP contribution is 1.81. The molecular weight excluding hydrogens is 176 g/mol. The Morgan fingerprint density at radius 2 is 1.92 bits per heavy atom. The van der Waals surface area contributed by atoms with Gasteiger partial charge in [0.2, 0.25) is 0 Å². The van der Waals surface area contributed by atoms with Gasteiger partial charge < -0.3 is 20.8 Å². The monoisotopic (exact) mass is 190 g/mol. The van der Waals surface area contributed by atoms with Gasteiger partial charge in [-0.25, -0.2) is 9.59 Å². The van der Waals surface area contributed by atoms with Gasteiger partial charge >= 0.3 is 12.0 Å². The molecule has 0 saturated carbocycles. The molecule has 2 amide bonds. The zero-order valence-electron chi connectivity index (χ0n) is 7.57. The van der Waals surface area contributed by atoms with Crippen LogP contribution in [-0.2, 0) is 4.79 Å². The van der Waals surface area contributed by atoms with Crippen LogP contribution in [0.4, 0.5) is 4.79 Å². The minimum atomic E-state index is -1.56. The van der Waals surface area contributed by atoms with Crippen molar-refractivity contribution in [1.82, 2.24) is 10.6 Å². The van der Waals surface area contributed by atoms with Gasteiger partial charge in [-0.2, -0.15) is 0 Å². The summed E-state index contributed by atoms with van der Waals surface area (Å²) in [7, 11) is 0. The van der Waals surface area contributed by atoms with Gasteiger partial charge in [0, 0.05) is 6.04 Å². The van der Waals surface area contributed by atoms with Crippen molar-refractivity contribution in [2.24, 2.45) is 0 Å². The van der Waals surface area contributed by atoms with Crippen LogP contribution >= 0.6 is 0 Å². The predicted octanol–water partition coefficient (Wildman–Crippen LogP) is -0.861. The number of hydrogen-bond acceptors (Lipinski definition) is 3. The van der Waals surface area contributed by atoms with Gasteiger partial charge in [-0.1, -0.05) is 0 Å². The number of nitrogens with one attached hydrogen (secondary N) is 2. The van der Waals surface area contributed by atoms with Gasteiger partial charge in [-0.05, 0) is 13.8 Å². The molecule has 0 spiro atoms. The van der Waals surface area contributed by atoms with Crippen LogP contribution in [0.25, 0.3) is 0 Å². The zero-order valence-corrected chi connectivity index (χ0v) is 7.57. The summed E-state index contributed by atoms with van der Waals surface area (Å²) in [4.78, 5) is 21.0. The van der Waals surface area contributed by atoms with E-state index in [-0.39, 0.29) is 12.6 Å². The Kier molecular flexibility index (Phi) is 4.83. The number of rotatable bonds is 4. The number of carboxylic acid groups (broad SMARTS) is 1. The molecule has 13 heavy (non-hydrogen) atoms. The molecule has 0 aromatic carbocycles. The zero-order chi connectivity index (χ0) is 10.4. The summed E-state index contributed by atoms with van der Waals surface area (Å²) in [6, 6.07) is -0.516. The Morgan fingerprint density at radius 3 is 2.31 bits per heavy atom. The number of carbonyl (C=O) groups is 2. The summed E-state index contributed by atoms with van der Waals surface area (Å²) in [5.74, 6) is -1.36. The van der Waals surface area contributed by atoms with E-state index in [9.17, 15) is 9.59 Å². The number of aliphatic hydroxyl groups is 1. The van der Waals surface area contributed by atoms with Crippen molar-refractivity contribution < 1.29 is 19.8 Å². The van der Waals surface area contributed by atoms with Gasteiger partial charge in [0.1, 0.15) is 0 Å². The van der Waals surface area contributed by atoms with Crippen LogP contribution < -0.4 is 10.6 Å². The third-order valence-electron chi connectivity index (χ3n) is 1.16. The molecule has 0 aliphatic carbocycles. The lowest BCUT2D eigenvalue weighted by atomic mass is 10.3. The Bertz CT molecular complexity index is 193. The summed E-state index contributed by atoms with van der Waals surface area (Å²) in [5, 5.41) is 21.7. The number of amides is 2. The van der Waals surface area contributed by atoms with E-state index in [2.05, 4.69) is 10.6 Å². The van der Waals surface area contributed by atoms with E-state index in [0.29, 0.717) is 0 Å². The highest BCUT2D eigenvalue weighted by molar-refractivity contribution is 5.76. The van der Waals surface area contributed by atoms with Crippen LogP contribution in [0, 0.1) is 0 Å². The Labute approximate surface area is 75.9 Å². The molecule has 0 aromatic rings. The van der Waals surface area contributed by atoms with Crippen molar-refractivity contribution in [1.29, 1.82) is 0 Å². The molecule has 0 radical (unpaired) electrons. The summed E-state index contributed by atoms with van der Waals surface area (Å²) >= 11 is 0. The lowest BCUT2D eigenvalue weighted by Gasteiger charge is -2.11. The number of carboxylic acids is 1. The van der Waals surface area contributed by atoms with Crippen LogP contribution in [0.1, 0.15) is 13.8 Å². The highest BCUT2D eigenvalue weighted by Gasteiger charge is 2.13. The first-order chi connectivity index (χ1) is 5.93. The summed E-state index contributed by atoms with van der Waals surface area (Å²) in [6.07, 6.45) is -1.56. The predicted molar refractivity (Wildman–Crippen MR) is 45.3 cm³/mol. The fourth-order valence-electron chi connectivity index (χ4n) is 0.590. The molecule has 0 bridgehead atoms. The van der Waals surface area contributed by atoms with E-state index in [1.54, 1.807) is 13.8 Å². The van der Waals surface area contributed by atoms with Gasteiger partial charge in [0.25, 0.3) is 0 Å². The van der Waals surface area contributed by atoms with Crippen LogP contribution in [-0.4, -0.2) is 40.9 Å². The molecule has 0 rings (SSSR count). The minimum Gasteiger partial charge on any atom is -0.479 e. The third kappa shape index (κ3) is 5.92. The number of aliphatic hydroxyl groups excluding tert-OH is 1. The van der Waals surface area contributed by atoms with Gasteiger partial charge in [0.15, 0.2) is 6.10 Å². The summed E-state index contributed by atoms with van der Waals surface area (Å²) in [5.41, 5.74) is 0. The van der Waals surface area contributed by atoms with E-state index in [1.807, 2.05) is 0 Å².